The molecule has 2 heterocycles. The number of aliphatic carboxylic acids is 1. The third kappa shape index (κ3) is 1.97. The lowest BCUT2D eigenvalue weighted by atomic mass is 9.93. The lowest BCUT2D eigenvalue weighted by molar-refractivity contribution is -0.159. The molecule has 2 rings (SSSR count). The zero-order valence-corrected chi connectivity index (χ0v) is 8.61. The van der Waals surface area contributed by atoms with Crippen molar-refractivity contribution in [3.63, 3.8) is 0 Å². The molecular weight excluding hydrogens is 196 g/mol. The second kappa shape index (κ2) is 4.18. The van der Waals surface area contributed by atoms with Crippen molar-refractivity contribution in [2.75, 3.05) is 19.6 Å². The van der Waals surface area contributed by atoms with Gasteiger partial charge in [0.2, 0.25) is 5.91 Å². The first kappa shape index (κ1) is 10.4. The Labute approximate surface area is 88.4 Å². The number of carboxylic acid groups (broad SMARTS) is 1. The number of amides is 1. The van der Waals surface area contributed by atoms with E-state index in [0.717, 1.165) is 25.9 Å². The van der Waals surface area contributed by atoms with Crippen LogP contribution < -0.4 is 5.32 Å². The van der Waals surface area contributed by atoms with E-state index in [4.69, 9.17) is 5.11 Å². The van der Waals surface area contributed by atoms with Crippen LogP contribution in [-0.2, 0) is 9.59 Å². The van der Waals surface area contributed by atoms with Gasteiger partial charge in [0, 0.05) is 12.5 Å². The van der Waals surface area contributed by atoms with Crippen LogP contribution in [0.4, 0.5) is 0 Å². The standard InChI is InChI=1S/C10H16N2O3/c13-9(7-1-4-11-5-2-7)12-6-3-8(12)10(14)15/h7-8,11H,1-6H2,(H,14,15). The van der Waals surface area contributed by atoms with Gasteiger partial charge in [0.05, 0.1) is 0 Å². The molecule has 0 radical (unpaired) electrons. The minimum absolute atomic E-state index is 0.0356. The highest BCUT2D eigenvalue weighted by Gasteiger charge is 2.40. The molecule has 84 valence electrons. The number of hydrogen-bond donors (Lipinski definition) is 2. The summed E-state index contributed by atoms with van der Waals surface area (Å²) in [6.07, 6.45) is 2.27. The second-order valence-electron chi connectivity index (χ2n) is 4.20. The van der Waals surface area contributed by atoms with Crippen LogP contribution in [-0.4, -0.2) is 47.6 Å². The first-order chi connectivity index (χ1) is 7.20. The maximum atomic E-state index is 11.9. The van der Waals surface area contributed by atoms with Gasteiger partial charge in [-0.1, -0.05) is 0 Å². The van der Waals surface area contributed by atoms with Crippen LogP contribution in [0.3, 0.4) is 0 Å². The van der Waals surface area contributed by atoms with Gasteiger partial charge >= 0.3 is 5.97 Å². The monoisotopic (exact) mass is 212 g/mol. The SMILES string of the molecule is O=C(O)C1CCN1C(=O)C1CCNCC1. The molecule has 2 N–H and O–H groups in total. The van der Waals surface area contributed by atoms with E-state index in [1.165, 1.54) is 4.90 Å². The van der Waals surface area contributed by atoms with E-state index in [-0.39, 0.29) is 11.8 Å². The topological polar surface area (TPSA) is 69.6 Å². The molecule has 15 heavy (non-hydrogen) atoms. The number of piperidine rings is 1. The zero-order valence-electron chi connectivity index (χ0n) is 8.61. The molecule has 2 aliphatic rings. The number of likely N-dealkylation sites (tertiary alicyclic amines) is 1. The quantitative estimate of drug-likeness (QED) is 0.657. The first-order valence-electron chi connectivity index (χ1n) is 5.44. The Morgan fingerprint density at radius 3 is 2.33 bits per heavy atom. The van der Waals surface area contributed by atoms with Crippen molar-refractivity contribution < 1.29 is 14.7 Å². The predicted octanol–water partition coefficient (Wildman–Crippen LogP) is -0.329. The number of rotatable bonds is 2. The van der Waals surface area contributed by atoms with E-state index in [1.807, 2.05) is 0 Å². The van der Waals surface area contributed by atoms with Gasteiger partial charge in [0.15, 0.2) is 0 Å². The number of carbonyl (C=O) groups excluding carboxylic acids is 1. The third-order valence-corrected chi connectivity index (χ3v) is 3.28. The van der Waals surface area contributed by atoms with E-state index in [1.54, 1.807) is 0 Å². The number of carboxylic acids is 1. The summed E-state index contributed by atoms with van der Waals surface area (Å²) in [5, 5.41) is 12.0. The largest absolute Gasteiger partial charge is 0.480 e. The second-order valence-corrected chi connectivity index (χ2v) is 4.20. The van der Waals surface area contributed by atoms with Crippen molar-refractivity contribution in [3.8, 4) is 0 Å². The van der Waals surface area contributed by atoms with Crippen molar-refractivity contribution in [1.29, 1.82) is 0 Å². The lowest BCUT2D eigenvalue weighted by Crippen LogP contribution is -2.57. The van der Waals surface area contributed by atoms with E-state index in [2.05, 4.69) is 5.32 Å². The van der Waals surface area contributed by atoms with Crippen LogP contribution in [0.15, 0.2) is 0 Å². The Balaban J connectivity index is 1.92. The summed E-state index contributed by atoms with van der Waals surface area (Å²) in [6.45, 7) is 2.34. The fourth-order valence-corrected chi connectivity index (χ4v) is 2.21. The molecule has 0 aliphatic carbocycles. The van der Waals surface area contributed by atoms with Crippen molar-refractivity contribution >= 4 is 11.9 Å². The van der Waals surface area contributed by atoms with Crippen molar-refractivity contribution in [1.82, 2.24) is 10.2 Å². The number of carbonyl (C=O) groups is 2. The van der Waals surface area contributed by atoms with Crippen LogP contribution in [0.2, 0.25) is 0 Å². The molecule has 0 saturated carbocycles. The summed E-state index contributed by atoms with van der Waals surface area (Å²) in [5.41, 5.74) is 0. The van der Waals surface area contributed by atoms with Gasteiger partial charge in [0.1, 0.15) is 6.04 Å². The van der Waals surface area contributed by atoms with Gasteiger partial charge in [-0.05, 0) is 32.4 Å². The molecule has 1 atom stereocenters. The Bertz CT molecular complexity index is 274. The summed E-state index contributed by atoms with van der Waals surface area (Å²) in [7, 11) is 0. The minimum Gasteiger partial charge on any atom is -0.480 e. The predicted molar refractivity (Wildman–Crippen MR) is 53.3 cm³/mol. The summed E-state index contributed by atoms with van der Waals surface area (Å²) in [5.74, 6) is -0.799. The molecule has 0 aromatic heterocycles. The third-order valence-electron chi connectivity index (χ3n) is 3.28. The maximum Gasteiger partial charge on any atom is 0.326 e. The van der Waals surface area contributed by atoms with Gasteiger partial charge in [-0.2, -0.15) is 0 Å². The normalized spacial score (nSPS) is 27.2. The van der Waals surface area contributed by atoms with E-state index < -0.39 is 12.0 Å². The molecule has 2 saturated heterocycles. The molecule has 1 unspecified atom stereocenters. The Morgan fingerprint density at radius 2 is 1.87 bits per heavy atom. The lowest BCUT2D eigenvalue weighted by Gasteiger charge is -2.40. The van der Waals surface area contributed by atoms with E-state index in [0.29, 0.717) is 13.0 Å². The molecule has 5 nitrogen and oxygen atoms in total. The molecule has 5 heteroatoms. The summed E-state index contributed by atoms with van der Waals surface area (Å²) < 4.78 is 0. The fraction of sp³-hybridized carbons (Fsp3) is 0.800. The molecular formula is C10H16N2O3. The van der Waals surface area contributed by atoms with Gasteiger partial charge in [-0.25, -0.2) is 4.79 Å². The molecule has 1 amide bonds. The average Bonchev–Trinajstić information content (AvgIpc) is 2.16. The summed E-state index contributed by atoms with van der Waals surface area (Å²) >= 11 is 0. The highest BCUT2D eigenvalue weighted by atomic mass is 16.4. The van der Waals surface area contributed by atoms with Gasteiger partial charge in [-0.3, -0.25) is 4.79 Å². The Morgan fingerprint density at radius 1 is 1.20 bits per heavy atom. The minimum atomic E-state index is -0.872. The summed E-state index contributed by atoms with van der Waals surface area (Å²) in [4.78, 5) is 24.2. The molecule has 2 aliphatic heterocycles. The molecule has 0 aromatic rings. The Kier molecular flexibility index (Phi) is 2.90. The number of nitrogens with zero attached hydrogens (tertiary/aromatic N) is 1. The van der Waals surface area contributed by atoms with Crippen molar-refractivity contribution in [2.24, 2.45) is 5.92 Å². The number of hydrogen-bond acceptors (Lipinski definition) is 3. The summed E-state index contributed by atoms with van der Waals surface area (Å²) in [6, 6.07) is -0.563. The maximum absolute atomic E-state index is 11.9. The smallest absolute Gasteiger partial charge is 0.326 e. The number of nitrogens with one attached hydrogen (secondary N) is 1. The Hall–Kier alpha value is -1.10. The molecule has 2 fully saturated rings. The van der Waals surface area contributed by atoms with Crippen molar-refractivity contribution in [3.05, 3.63) is 0 Å². The zero-order chi connectivity index (χ0) is 10.8. The van der Waals surface area contributed by atoms with Crippen LogP contribution in [0.25, 0.3) is 0 Å². The van der Waals surface area contributed by atoms with Gasteiger partial charge in [0.25, 0.3) is 0 Å². The van der Waals surface area contributed by atoms with Crippen LogP contribution in [0, 0.1) is 5.92 Å². The molecule has 0 bridgehead atoms. The van der Waals surface area contributed by atoms with E-state index in [9.17, 15) is 9.59 Å². The van der Waals surface area contributed by atoms with Crippen LogP contribution >= 0.6 is 0 Å². The van der Waals surface area contributed by atoms with Crippen molar-refractivity contribution in [2.45, 2.75) is 25.3 Å². The molecule has 0 spiro atoms. The average molecular weight is 212 g/mol. The van der Waals surface area contributed by atoms with Gasteiger partial charge in [-0.15, -0.1) is 0 Å². The van der Waals surface area contributed by atoms with Crippen LogP contribution in [0.5, 0.6) is 0 Å². The van der Waals surface area contributed by atoms with E-state index >= 15 is 0 Å². The molecule has 0 aromatic carbocycles. The highest BCUT2D eigenvalue weighted by molar-refractivity contribution is 5.86. The first-order valence-corrected chi connectivity index (χ1v) is 5.44. The van der Waals surface area contributed by atoms with Crippen LogP contribution in [0.1, 0.15) is 19.3 Å². The highest BCUT2D eigenvalue weighted by Crippen LogP contribution is 2.24. The fourth-order valence-electron chi connectivity index (χ4n) is 2.21. The van der Waals surface area contributed by atoms with Gasteiger partial charge < -0.3 is 15.3 Å².